The van der Waals surface area contributed by atoms with Gasteiger partial charge in [-0.25, -0.2) is 0 Å². The van der Waals surface area contributed by atoms with Crippen LogP contribution in [0.25, 0.3) is 0 Å². The summed E-state index contributed by atoms with van der Waals surface area (Å²) in [7, 11) is 0. The normalized spacial score (nSPS) is 16.6. The van der Waals surface area contributed by atoms with Crippen LogP contribution in [0.2, 0.25) is 0 Å². The van der Waals surface area contributed by atoms with E-state index in [1.165, 1.54) is 122 Å². The molecule has 0 aliphatic carbocycles. The van der Waals surface area contributed by atoms with Gasteiger partial charge < -0.3 is 9.80 Å². The van der Waals surface area contributed by atoms with Crippen molar-refractivity contribution < 1.29 is 0 Å². The van der Waals surface area contributed by atoms with Crippen molar-refractivity contribution in [1.82, 2.24) is 9.80 Å². The molecule has 0 aromatic heterocycles. The minimum absolute atomic E-state index is 0.646. The fraction of sp³-hybridized carbons (Fsp3) is 0.920. The topological polar surface area (TPSA) is 6.48 Å². The van der Waals surface area contributed by atoms with Gasteiger partial charge in [-0.2, -0.15) is 0 Å². The van der Waals surface area contributed by atoms with Crippen LogP contribution in [0.3, 0.4) is 0 Å². The zero-order valence-corrected chi connectivity index (χ0v) is 19.1. The van der Waals surface area contributed by atoms with E-state index in [1.807, 2.05) is 0 Å². The Balaban J connectivity index is 2.27. The smallest absolute Gasteiger partial charge is 0.101 e. The molecule has 0 N–H and O–H groups in total. The summed E-state index contributed by atoms with van der Waals surface area (Å²) in [6.07, 6.45) is 29.1. The fourth-order valence-corrected chi connectivity index (χ4v) is 4.24. The van der Waals surface area contributed by atoms with Gasteiger partial charge in [-0.05, 0) is 25.7 Å². The summed E-state index contributed by atoms with van der Waals surface area (Å²) in [4.78, 5) is 5.29. The number of hydrogen-bond acceptors (Lipinski definition) is 2. The molecule has 1 aliphatic rings. The Bertz CT molecular complexity index is 339. The zero-order valence-electron chi connectivity index (χ0n) is 19.1. The lowest BCUT2D eigenvalue weighted by atomic mass is 10.1. The second-order valence-electron chi connectivity index (χ2n) is 8.64. The first-order chi connectivity index (χ1) is 13.3. The highest BCUT2D eigenvalue weighted by Gasteiger charge is 2.24. The maximum atomic E-state index is 2.65. The van der Waals surface area contributed by atoms with Crippen LogP contribution in [-0.4, -0.2) is 29.1 Å². The van der Waals surface area contributed by atoms with Gasteiger partial charge in [0.25, 0.3) is 0 Å². The van der Waals surface area contributed by atoms with Crippen molar-refractivity contribution in [1.29, 1.82) is 0 Å². The van der Waals surface area contributed by atoms with E-state index in [-0.39, 0.29) is 0 Å². The third kappa shape index (κ3) is 11.7. The molecule has 0 fully saturated rings. The maximum Gasteiger partial charge on any atom is 0.101 e. The first-order valence-corrected chi connectivity index (χ1v) is 12.5. The Morgan fingerprint density at radius 1 is 0.481 bits per heavy atom. The Kier molecular flexibility index (Phi) is 15.7. The molecule has 0 radical (unpaired) electrons. The van der Waals surface area contributed by atoms with Crippen LogP contribution in [0.15, 0.2) is 12.4 Å². The standard InChI is InChI=1S/C25H50N2/c1-4-7-10-12-13-14-15-17-20-25-26(21-18-9-6-3)23-24-27(25)22-19-16-11-8-5-2/h23-25H,4-22H2,1-3H3. The summed E-state index contributed by atoms with van der Waals surface area (Å²) >= 11 is 0. The number of nitrogens with zero attached hydrogens (tertiary/aromatic N) is 2. The summed E-state index contributed by atoms with van der Waals surface area (Å²) in [5.74, 6) is 0. The van der Waals surface area contributed by atoms with E-state index in [1.54, 1.807) is 0 Å². The van der Waals surface area contributed by atoms with E-state index in [0.717, 1.165) is 0 Å². The van der Waals surface area contributed by atoms with Crippen molar-refractivity contribution in [3.8, 4) is 0 Å². The monoisotopic (exact) mass is 378 g/mol. The van der Waals surface area contributed by atoms with E-state index in [0.29, 0.717) is 6.17 Å². The van der Waals surface area contributed by atoms with Crippen molar-refractivity contribution in [2.24, 2.45) is 0 Å². The number of rotatable bonds is 19. The minimum Gasteiger partial charge on any atom is -0.356 e. The first kappa shape index (κ1) is 24.4. The Labute approximate surface area is 171 Å². The van der Waals surface area contributed by atoms with Gasteiger partial charge >= 0.3 is 0 Å². The predicted octanol–water partition coefficient (Wildman–Crippen LogP) is 8.09. The van der Waals surface area contributed by atoms with E-state index in [9.17, 15) is 0 Å². The van der Waals surface area contributed by atoms with Crippen LogP contribution in [0.4, 0.5) is 0 Å². The quantitative estimate of drug-likeness (QED) is 0.209. The van der Waals surface area contributed by atoms with Crippen molar-refractivity contribution in [3.05, 3.63) is 12.4 Å². The third-order valence-corrected chi connectivity index (χ3v) is 6.07. The van der Waals surface area contributed by atoms with Crippen LogP contribution in [-0.2, 0) is 0 Å². The van der Waals surface area contributed by atoms with Crippen LogP contribution in [0.1, 0.15) is 130 Å². The molecule has 0 saturated heterocycles. The molecule has 0 aromatic rings. The summed E-state index contributed by atoms with van der Waals surface area (Å²) in [5.41, 5.74) is 0. The number of unbranched alkanes of at least 4 members (excludes halogenated alkanes) is 13. The average molecular weight is 379 g/mol. The Morgan fingerprint density at radius 3 is 1.37 bits per heavy atom. The van der Waals surface area contributed by atoms with Crippen LogP contribution in [0, 0.1) is 0 Å². The Morgan fingerprint density at radius 2 is 0.852 bits per heavy atom. The largest absolute Gasteiger partial charge is 0.356 e. The third-order valence-electron chi connectivity index (χ3n) is 6.07. The average Bonchev–Trinajstić information content (AvgIpc) is 3.06. The summed E-state index contributed by atoms with van der Waals surface area (Å²) in [6, 6.07) is 0. The number of hydrogen-bond donors (Lipinski definition) is 0. The van der Waals surface area contributed by atoms with Crippen molar-refractivity contribution in [2.45, 2.75) is 136 Å². The van der Waals surface area contributed by atoms with Crippen LogP contribution in [0.5, 0.6) is 0 Å². The molecule has 1 atom stereocenters. The molecule has 0 spiro atoms. The van der Waals surface area contributed by atoms with E-state index < -0.39 is 0 Å². The van der Waals surface area contributed by atoms with Crippen molar-refractivity contribution in [2.75, 3.05) is 13.1 Å². The van der Waals surface area contributed by atoms with Gasteiger partial charge in [0.15, 0.2) is 0 Å². The van der Waals surface area contributed by atoms with E-state index in [2.05, 4.69) is 43.0 Å². The maximum absolute atomic E-state index is 2.65. The molecule has 0 aromatic carbocycles. The molecule has 0 bridgehead atoms. The summed E-state index contributed by atoms with van der Waals surface area (Å²) in [6.45, 7) is 9.42. The molecule has 1 unspecified atom stereocenters. The van der Waals surface area contributed by atoms with E-state index >= 15 is 0 Å². The molecule has 0 saturated carbocycles. The summed E-state index contributed by atoms with van der Waals surface area (Å²) < 4.78 is 0. The molecule has 27 heavy (non-hydrogen) atoms. The lowest BCUT2D eigenvalue weighted by Crippen LogP contribution is -2.39. The highest BCUT2D eigenvalue weighted by atomic mass is 15.4. The van der Waals surface area contributed by atoms with Gasteiger partial charge in [0.05, 0.1) is 0 Å². The summed E-state index contributed by atoms with van der Waals surface area (Å²) in [5, 5.41) is 0. The van der Waals surface area contributed by atoms with Gasteiger partial charge in [-0.3, -0.25) is 0 Å². The van der Waals surface area contributed by atoms with Crippen LogP contribution >= 0.6 is 0 Å². The molecule has 2 heteroatoms. The van der Waals surface area contributed by atoms with Crippen LogP contribution < -0.4 is 0 Å². The predicted molar refractivity (Wildman–Crippen MR) is 122 cm³/mol. The lowest BCUT2D eigenvalue weighted by molar-refractivity contribution is 0.135. The molecular weight excluding hydrogens is 328 g/mol. The van der Waals surface area contributed by atoms with Crippen molar-refractivity contribution >= 4 is 0 Å². The molecule has 1 aliphatic heterocycles. The van der Waals surface area contributed by atoms with Gasteiger partial charge in [-0.1, -0.05) is 104 Å². The zero-order chi connectivity index (χ0) is 19.6. The van der Waals surface area contributed by atoms with Gasteiger partial charge in [0.2, 0.25) is 0 Å². The second kappa shape index (κ2) is 17.4. The molecular formula is C25H50N2. The molecule has 2 nitrogen and oxygen atoms in total. The fourth-order valence-electron chi connectivity index (χ4n) is 4.24. The van der Waals surface area contributed by atoms with Crippen molar-refractivity contribution in [3.63, 3.8) is 0 Å². The molecule has 0 amide bonds. The highest BCUT2D eigenvalue weighted by molar-refractivity contribution is 4.96. The SMILES string of the molecule is CCCCCCCCCCC1N(CCCCC)C=CN1CCCCCCC. The van der Waals surface area contributed by atoms with Gasteiger partial charge in [0, 0.05) is 25.5 Å². The van der Waals surface area contributed by atoms with Gasteiger partial charge in [-0.15, -0.1) is 0 Å². The Hall–Kier alpha value is -0.660. The molecule has 1 rings (SSSR count). The first-order valence-electron chi connectivity index (χ1n) is 12.5. The molecule has 160 valence electrons. The van der Waals surface area contributed by atoms with E-state index in [4.69, 9.17) is 0 Å². The van der Waals surface area contributed by atoms with Gasteiger partial charge in [0.1, 0.15) is 6.17 Å². The lowest BCUT2D eigenvalue weighted by Gasteiger charge is -2.33. The molecule has 1 heterocycles. The highest BCUT2D eigenvalue weighted by Crippen LogP contribution is 2.23. The second-order valence-corrected chi connectivity index (χ2v) is 8.64. The minimum atomic E-state index is 0.646.